The highest BCUT2D eigenvalue weighted by molar-refractivity contribution is 7.98. The molecule has 1 amide bonds. The molecule has 1 N–H and O–H groups in total. The lowest BCUT2D eigenvalue weighted by molar-refractivity contribution is -0.119. The van der Waals surface area contributed by atoms with Crippen LogP contribution in [0.4, 0.5) is 5.69 Å². The molecule has 2 aromatic carbocycles. The third-order valence-electron chi connectivity index (χ3n) is 5.20. The molecule has 0 saturated heterocycles. The van der Waals surface area contributed by atoms with Gasteiger partial charge in [0.25, 0.3) is 0 Å². The molecule has 0 radical (unpaired) electrons. The van der Waals surface area contributed by atoms with Crippen molar-refractivity contribution >= 4 is 45.0 Å². The summed E-state index contributed by atoms with van der Waals surface area (Å²) in [5, 5.41) is 0.730. The predicted octanol–water partition coefficient (Wildman–Crippen LogP) is 3.85. The van der Waals surface area contributed by atoms with Crippen molar-refractivity contribution in [2.75, 3.05) is 23.7 Å². The zero-order valence-corrected chi connectivity index (χ0v) is 18.3. The molecule has 1 aliphatic heterocycles. The molecule has 1 saturated carbocycles. The van der Waals surface area contributed by atoms with Gasteiger partial charge in [-0.05, 0) is 54.7 Å². The lowest BCUT2D eigenvalue weighted by atomic mass is 10.2. The number of amides is 1. The number of nitrogens with zero attached hydrogens (tertiary/aromatic N) is 1. The van der Waals surface area contributed by atoms with Crippen LogP contribution in [0.5, 0.6) is 0 Å². The first-order valence-corrected chi connectivity index (χ1v) is 12.7. The molecular weight excluding hydrogens is 428 g/mol. The largest absolute Gasteiger partial charge is 0.312 e. The fraction of sp³-hybridized carbons (Fsp3) is 0.381. The molecule has 2 aromatic rings. The molecule has 0 spiro atoms. The van der Waals surface area contributed by atoms with Crippen molar-refractivity contribution in [2.45, 2.75) is 29.9 Å². The Bertz CT molecular complexity index is 1020. The van der Waals surface area contributed by atoms with Gasteiger partial charge in [-0.2, -0.15) is 11.8 Å². The van der Waals surface area contributed by atoms with Gasteiger partial charge in [-0.1, -0.05) is 29.8 Å². The molecule has 2 aliphatic rings. The van der Waals surface area contributed by atoms with Crippen LogP contribution in [0.2, 0.25) is 5.02 Å². The number of benzene rings is 2. The van der Waals surface area contributed by atoms with E-state index in [1.165, 1.54) is 0 Å². The molecular formula is C21H23ClN2O3S2. The highest BCUT2D eigenvalue weighted by atomic mass is 35.5. The van der Waals surface area contributed by atoms with Crippen LogP contribution < -0.4 is 9.62 Å². The average Bonchev–Trinajstić information content (AvgIpc) is 3.47. The zero-order valence-electron chi connectivity index (χ0n) is 15.9. The summed E-state index contributed by atoms with van der Waals surface area (Å²) in [6, 6.07) is 12.7. The maximum absolute atomic E-state index is 12.6. The summed E-state index contributed by atoms with van der Waals surface area (Å²) in [5.74, 6) is 1.73. The van der Waals surface area contributed by atoms with Crippen LogP contribution in [0.15, 0.2) is 47.4 Å². The molecule has 0 unspecified atom stereocenters. The number of nitrogens with one attached hydrogen (secondary N) is 1. The van der Waals surface area contributed by atoms with Gasteiger partial charge in [0.05, 0.1) is 4.90 Å². The van der Waals surface area contributed by atoms with Gasteiger partial charge >= 0.3 is 0 Å². The standard InChI is InChI=1S/C21H23ClN2O3S2/c22-19-4-2-1-3-17(19)14-28-12-10-23-29(26,27)18-7-8-20-16(13-18)9-11-24(20)21(25)15-5-6-15/h1-4,7-8,13,15,23H,5-6,9-12,14H2. The number of rotatable bonds is 8. The quantitative estimate of drug-likeness (QED) is 0.620. The Morgan fingerprint density at radius 3 is 2.76 bits per heavy atom. The Labute approximate surface area is 180 Å². The number of sulfonamides is 1. The van der Waals surface area contributed by atoms with Crippen molar-refractivity contribution in [1.82, 2.24) is 4.72 Å². The number of hydrogen-bond acceptors (Lipinski definition) is 4. The van der Waals surface area contributed by atoms with Crippen molar-refractivity contribution in [3.63, 3.8) is 0 Å². The van der Waals surface area contributed by atoms with E-state index >= 15 is 0 Å². The van der Waals surface area contributed by atoms with Gasteiger partial charge in [-0.3, -0.25) is 4.79 Å². The van der Waals surface area contributed by atoms with Crippen LogP contribution in [0.1, 0.15) is 24.0 Å². The Hall–Kier alpha value is -1.54. The first kappa shape index (κ1) is 20.7. The van der Waals surface area contributed by atoms with Crippen molar-refractivity contribution in [2.24, 2.45) is 5.92 Å². The second kappa shape index (κ2) is 8.68. The number of carbonyl (C=O) groups excluding carboxylic acids is 1. The monoisotopic (exact) mass is 450 g/mol. The molecule has 0 atom stereocenters. The van der Waals surface area contributed by atoms with Gasteiger partial charge in [-0.15, -0.1) is 0 Å². The van der Waals surface area contributed by atoms with Gasteiger partial charge in [0.2, 0.25) is 15.9 Å². The van der Waals surface area contributed by atoms with E-state index in [9.17, 15) is 13.2 Å². The Kier molecular flexibility index (Phi) is 6.20. The van der Waals surface area contributed by atoms with Crippen LogP contribution in [0.25, 0.3) is 0 Å². The van der Waals surface area contributed by atoms with E-state index in [0.717, 1.165) is 40.4 Å². The summed E-state index contributed by atoms with van der Waals surface area (Å²) in [7, 11) is -3.57. The van der Waals surface area contributed by atoms with Gasteiger partial charge in [0.15, 0.2) is 0 Å². The van der Waals surface area contributed by atoms with Crippen molar-refractivity contribution in [3.05, 3.63) is 58.6 Å². The highest BCUT2D eigenvalue weighted by Gasteiger charge is 2.36. The van der Waals surface area contributed by atoms with E-state index in [1.807, 2.05) is 29.2 Å². The molecule has 1 heterocycles. The predicted molar refractivity (Wildman–Crippen MR) is 118 cm³/mol. The van der Waals surface area contributed by atoms with Gasteiger partial charge < -0.3 is 4.90 Å². The number of carbonyl (C=O) groups is 1. The van der Waals surface area contributed by atoms with Crippen LogP contribution in [0, 0.1) is 5.92 Å². The van der Waals surface area contributed by atoms with Gasteiger partial charge in [-0.25, -0.2) is 13.1 Å². The first-order chi connectivity index (χ1) is 14.0. The molecule has 5 nitrogen and oxygen atoms in total. The summed E-state index contributed by atoms with van der Waals surface area (Å²) in [4.78, 5) is 14.4. The maximum atomic E-state index is 12.6. The molecule has 1 aliphatic carbocycles. The van der Waals surface area contributed by atoms with Crippen LogP contribution in [0.3, 0.4) is 0 Å². The maximum Gasteiger partial charge on any atom is 0.240 e. The Balaban J connectivity index is 1.32. The fourth-order valence-corrected chi connectivity index (χ4v) is 5.81. The Morgan fingerprint density at radius 1 is 1.21 bits per heavy atom. The molecule has 29 heavy (non-hydrogen) atoms. The average molecular weight is 451 g/mol. The summed E-state index contributed by atoms with van der Waals surface area (Å²) in [6.07, 6.45) is 2.63. The van der Waals surface area contributed by atoms with E-state index in [1.54, 1.807) is 30.0 Å². The molecule has 154 valence electrons. The van der Waals surface area contributed by atoms with E-state index < -0.39 is 10.0 Å². The van der Waals surface area contributed by atoms with Gasteiger partial charge in [0.1, 0.15) is 0 Å². The third kappa shape index (κ3) is 4.79. The second-order valence-electron chi connectivity index (χ2n) is 7.35. The number of thioether (sulfide) groups is 1. The number of hydrogen-bond donors (Lipinski definition) is 1. The first-order valence-electron chi connectivity index (χ1n) is 9.71. The van der Waals surface area contributed by atoms with E-state index in [4.69, 9.17) is 11.6 Å². The summed E-state index contributed by atoms with van der Waals surface area (Å²) < 4.78 is 27.9. The number of anilines is 1. The van der Waals surface area contributed by atoms with Gasteiger partial charge in [0, 0.05) is 41.2 Å². The molecule has 0 bridgehead atoms. The normalized spacial score (nSPS) is 16.1. The summed E-state index contributed by atoms with van der Waals surface area (Å²) >= 11 is 7.77. The molecule has 0 aromatic heterocycles. The molecule has 4 rings (SSSR count). The van der Waals surface area contributed by atoms with Crippen LogP contribution in [-0.2, 0) is 27.0 Å². The molecule has 1 fully saturated rings. The molecule has 8 heteroatoms. The highest BCUT2D eigenvalue weighted by Crippen LogP contribution is 2.37. The third-order valence-corrected chi connectivity index (χ3v) is 8.04. The van der Waals surface area contributed by atoms with Crippen molar-refractivity contribution in [3.8, 4) is 0 Å². The minimum atomic E-state index is -3.57. The van der Waals surface area contributed by atoms with Crippen molar-refractivity contribution in [1.29, 1.82) is 0 Å². The summed E-state index contributed by atoms with van der Waals surface area (Å²) in [6.45, 7) is 0.987. The number of halogens is 1. The fourth-order valence-electron chi connectivity index (χ4n) is 3.45. The topological polar surface area (TPSA) is 66.5 Å². The zero-order chi connectivity index (χ0) is 20.4. The van der Waals surface area contributed by atoms with E-state index in [-0.39, 0.29) is 16.7 Å². The van der Waals surface area contributed by atoms with Crippen molar-refractivity contribution < 1.29 is 13.2 Å². The SMILES string of the molecule is O=C(C1CC1)N1CCc2cc(S(=O)(=O)NCCSCc3ccccc3Cl)ccc21. The minimum Gasteiger partial charge on any atom is -0.312 e. The minimum absolute atomic E-state index is 0.161. The van der Waals surface area contributed by atoms with E-state index in [0.29, 0.717) is 25.3 Å². The number of fused-ring (bicyclic) bond motifs is 1. The Morgan fingerprint density at radius 2 is 2.00 bits per heavy atom. The van der Waals surface area contributed by atoms with Crippen LogP contribution in [-0.4, -0.2) is 33.2 Å². The second-order valence-corrected chi connectivity index (χ2v) is 10.6. The van der Waals surface area contributed by atoms with E-state index in [2.05, 4.69) is 4.72 Å². The lowest BCUT2D eigenvalue weighted by Gasteiger charge is -2.17. The summed E-state index contributed by atoms with van der Waals surface area (Å²) in [5.41, 5.74) is 2.83. The smallest absolute Gasteiger partial charge is 0.240 e. The van der Waals surface area contributed by atoms with Crippen LogP contribution >= 0.6 is 23.4 Å². The lowest BCUT2D eigenvalue weighted by Crippen LogP contribution is -2.30.